The van der Waals surface area contributed by atoms with E-state index < -0.39 is 28.0 Å². The predicted octanol–water partition coefficient (Wildman–Crippen LogP) is 9.34. The molecule has 0 aliphatic carbocycles. The number of hydrogen-bond acceptors (Lipinski definition) is 4. The molecule has 0 aromatic carbocycles. The number of rotatable bonds is 29. The van der Waals surface area contributed by atoms with E-state index in [1.54, 1.807) is 0 Å². The average molecular weight is 622 g/mol. The Bertz CT molecular complexity index is 905. The summed E-state index contributed by atoms with van der Waals surface area (Å²) in [4.78, 5) is 12.4. The molecule has 0 saturated carbocycles. The molecule has 0 radical (unpaired) electrons. The Morgan fingerprint density at radius 1 is 0.651 bits per heavy atom. The van der Waals surface area contributed by atoms with E-state index in [0.29, 0.717) is 0 Å². The van der Waals surface area contributed by atoms with Crippen LogP contribution in [0.5, 0.6) is 0 Å². The van der Waals surface area contributed by atoms with Gasteiger partial charge in [0, 0.05) is 6.42 Å². The Balaban J connectivity index is 3.91. The van der Waals surface area contributed by atoms with Crippen LogP contribution in [0.4, 0.5) is 0 Å². The quantitative estimate of drug-likeness (QED) is 0.0439. The number of aliphatic hydroxyl groups is 1. The maximum atomic E-state index is 12.4. The first kappa shape index (κ1) is 41.0. The van der Waals surface area contributed by atoms with Crippen LogP contribution in [0.15, 0.2) is 60.8 Å². The van der Waals surface area contributed by atoms with Crippen molar-refractivity contribution < 1.29 is 22.9 Å². The molecule has 0 saturated heterocycles. The number of unbranched alkanes of at least 4 members (excludes halogenated alkanes) is 13. The zero-order valence-electron chi connectivity index (χ0n) is 27.3. The summed E-state index contributed by atoms with van der Waals surface area (Å²) in [6, 6.07) is -1.06. The molecular weight excluding hydrogens is 558 g/mol. The van der Waals surface area contributed by atoms with Crippen molar-refractivity contribution in [2.45, 2.75) is 154 Å². The Labute approximate surface area is 264 Å². The maximum absolute atomic E-state index is 12.4. The molecule has 0 rings (SSSR count). The van der Waals surface area contributed by atoms with Gasteiger partial charge < -0.3 is 10.4 Å². The summed E-state index contributed by atoms with van der Waals surface area (Å²) >= 11 is 0. The zero-order chi connectivity index (χ0) is 31.9. The molecule has 3 N–H and O–H groups in total. The summed E-state index contributed by atoms with van der Waals surface area (Å²) in [6.45, 7) is 4.31. The van der Waals surface area contributed by atoms with Crippen molar-refractivity contribution in [2.24, 2.45) is 0 Å². The van der Waals surface area contributed by atoms with Crippen LogP contribution < -0.4 is 5.32 Å². The fraction of sp³-hybridized carbons (Fsp3) is 0.694. The molecule has 0 aliphatic heterocycles. The molecule has 2 atom stereocenters. The number of hydrogen-bond donors (Lipinski definition) is 3. The Kier molecular flexibility index (Phi) is 28.7. The zero-order valence-corrected chi connectivity index (χ0v) is 28.1. The van der Waals surface area contributed by atoms with Crippen LogP contribution in [0.1, 0.15) is 142 Å². The molecule has 0 aromatic rings. The second-order valence-electron chi connectivity index (χ2n) is 11.4. The number of allylic oxidation sites excluding steroid dienone is 9. The monoisotopic (exact) mass is 621 g/mol. The van der Waals surface area contributed by atoms with Gasteiger partial charge in [-0.1, -0.05) is 139 Å². The van der Waals surface area contributed by atoms with Crippen LogP contribution in [-0.4, -0.2) is 41.9 Å². The van der Waals surface area contributed by atoms with E-state index in [1.807, 2.05) is 6.08 Å². The van der Waals surface area contributed by atoms with E-state index in [4.69, 9.17) is 0 Å². The summed E-state index contributed by atoms with van der Waals surface area (Å²) in [5, 5.41) is 13.0. The van der Waals surface area contributed by atoms with E-state index in [0.717, 1.165) is 77.0 Å². The molecule has 0 aliphatic rings. The summed E-state index contributed by atoms with van der Waals surface area (Å²) in [7, 11) is -4.33. The van der Waals surface area contributed by atoms with Gasteiger partial charge in [0.15, 0.2) is 0 Å². The van der Waals surface area contributed by atoms with E-state index in [9.17, 15) is 22.9 Å². The van der Waals surface area contributed by atoms with E-state index in [2.05, 4.69) is 67.8 Å². The van der Waals surface area contributed by atoms with Crippen LogP contribution in [-0.2, 0) is 14.9 Å². The SMILES string of the molecule is CC/C=C\C/C=C\C/C=C\C/C=C\CCCCCCCCCCC(=O)NC(CS(=O)(=O)O)C(O)/C=C/CCCCCCC. The van der Waals surface area contributed by atoms with Gasteiger partial charge in [-0.3, -0.25) is 9.35 Å². The van der Waals surface area contributed by atoms with Crippen molar-refractivity contribution in [3.05, 3.63) is 60.8 Å². The summed E-state index contributed by atoms with van der Waals surface area (Å²) in [6.07, 6.45) is 40.8. The topological polar surface area (TPSA) is 104 Å². The minimum atomic E-state index is -4.33. The van der Waals surface area contributed by atoms with Gasteiger partial charge in [-0.25, -0.2) is 0 Å². The predicted molar refractivity (Wildman–Crippen MR) is 184 cm³/mol. The number of carbonyl (C=O) groups excluding carboxylic acids is 1. The normalized spacial score (nSPS) is 14.2. The molecule has 6 nitrogen and oxygen atoms in total. The van der Waals surface area contributed by atoms with Crippen molar-refractivity contribution in [1.82, 2.24) is 5.32 Å². The summed E-state index contributed by atoms with van der Waals surface area (Å²) in [5.74, 6) is -1.00. The first-order valence-electron chi connectivity index (χ1n) is 17.0. The molecule has 0 spiro atoms. The van der Waals surface area contributed by atoms with Crippen molar-refractivity contribution in [3.63, 3.8) is 0 Å². The third kappa shape index (κ3) is 31.3. The lowest BCUT2D eigenvalue weighted by Gasteiger charge is -2.21. The fourth-order valence-corrected chi connectivity index (χ4v) is 5.41. The Hall–Kier alpha value is -1.96. The number of aliphatic hydroxyl groups excluding tert-OH is 1. The molecule has 2 unspecified atom stereocenters. The minimum absolute atomic E-state index is 0.282. The number of amides is 1. The molecular formula is C36H63NO5S. The van der Waals surface area contributed by atoms with Crippen LogP contribution in [0.3, 0.4) is 0 Å². The van der Waals surface area contributed by atoms with Gasteiger partial charge in [-0.05, 0) is 57.8 Å². The van der Waals surface area contributed by atoms with Crippen molar-refractivity contribution in [1.29, 1.82) is 0 Å². The van der Waals surface area contributed by atoms with Crippen molar-refractivity contribution in [3.8, 4) is 0 Å². The highest BCUT2D eigenvalue weighted by Crippen LogP contribution is 2.12. The van der Waals surface area contributed by atoms with Gasteiger partial charge in [-0.15, -0.1) is 0 Å². The van der Waals surface area contributed by atoms with Crippen LogP contribution in [0.25, 0.3) is 0 Å². The number of nitrogens with one attached hydrogen (secondary N) is 1. The third-order valence-electron chi connectivity index (χ3n) is 7.20. The van der Waals surface area contributed by atoms with Gasteiger partial charge in [-0.2, -0.15) is 8.42 Å². The molecule has 0 aromatic heterocycles. The molecule has 0 heterocycles. The Morgan fingerprint density at radius 2 is 1.12 bits per heavy atom. The van der Waals surface area contributed by atoms with Crippen LogP contribution >= 0.6 is 0 Å². The van der Waals surface area contributed by atoms with Crippen LogP contribution in [0, 0.1) is 0 Å². The average Bonchev–Trinajstić information content (AvgIpc) is 2.96. The van der Waals surface area contributed by atoms with Crippen molar-refractivity contribution in [2.75, 3.05) is 5.75 Å². The van der Waals surface area contributed by atoms with Gasteiger partial charge >= 0.3 is 0 Å². The van der Waals surface area contributed by atoms with Gasteiger partial charge in [0.05, 0.1) is 17.9 Å². The molecule has 0 bridgehead atoms. The minimum Gasteiger partial charge on any atom is -0.387 e. The lowest BCUT2D eigenvalue weighted by molar-refractivity contribution is -0.122. The van der Waals surface area contributed by atoms with Crippen LogP contribution in [0.2, 0.25) is 0 Å². The number of carbonyl (C=O) groups is 1. The molecule has 248 valence electrons. The second kappa shape index (κ2) is 30.1. The van der Waals surface area contributed by atoms with E-state index >= 15 is 0 Å². The first-order valence-corrected chi connectivity index (χ1v) is 18.6. The second-order valence-corrected chi connectivity index (χ2v) is 12.9. The highest BCUT2D eigenvalue weighted by atomic mass is 32.2. The fourth-order valence-electron chi connectivity index (χ4n) is 4.67. The largest absolute Gasteiger partial charge is 0.387 e. The summed E-state index contributed by atoms with van der Waals surface area (Å²) < 4.78 is 32.1. The smallest absolute Gasteiger partial charge is 0.267 e. The van der Waals surface area contributed by atoms with Gasteiger partial charge in [0.1, 0.15) is 0 Å². The molecule has 43 heavy (non-hydrogen) atoms. The molecule has 0 fully saturated rings. The van der Waals surface area contributed by atoms with E-state index in [1.165, 1.54) is 51.0 Å². The molecule has 7 heteroatoms. The van der Waals surface area contributed by atoms with Gasteiger partial charge in [0.25, 0.3) is 10.1 Å². The maximum Gasteiger partial charge on any atom is 0.267 e. The third-order valence-corrected chi connectivity index (χ3v) is 7.98. The standard InChI is InChI=1S/C36H63NO5S/c1-3-5-7-9-11-12-13-14-15-16-17-18-19-20-21-22-23-24-26-28-30-32-36(39)37-34(33-43(40,41)42)35(38)31-29-27-25-10-8-6-4-2/h5,7,11-12,14-15,17-18,29,31,34-35,38H,3-4,6,8-10,13,16,19-28,30,32-33H2,1-2H3,(H,37,39)(H,40,41,42)/b7-5-,12-11-,15-14-,18-17-,31-29+. The Morgan fingerprint density at radius 3 is 1.65 bits per heavy atom. The first-order chi connectivity index (χ1) is 20.8. The lowest BCUT2D eigenvalue weighted by atomic mass is 10.1. The molecule has 1 amide bonds. The van der Waals surface area contributed by atoms with Gasteiger partial charge in [0.2, 0.25) is 5.91 Å². The summed E-state index contributed by atoms with van der Waals surface area (Å²) in [5.41, 5.74) is 0. The highest BCUT2D eigenvalue weighted by Gasteiger charge is 2.24. The van der Waals surface area contributed by atoms with Crippen molar-refractivity contribution >= 4 is 16.0 Å². The van der Waals surface area contributed by atoms with E-state index in [-0.39, 0.29) is 12.3 Å². The lowest BCUT2D eigenvalue weighted by Crippen LogP contribution is -2.46. The highest BCUT2D eigenvalue weighted by molar-refractivity contribution is 7.85.